The molecule has 0 aromatic heterocycles. The van der Waals surface area contributed by atoms with Crippen LogP contribution in [0.1, 0.15) is 23.1 Å². The molecule has 6 heteroatoms. The molecule has 3 aromatic carbocycles. The van der Waals surface area contributed by atoms with Crippen LogP contribution in [0.2, 0.25) is 5.02 Å². The number of halogens is 1. The molecular formula is C25H27ClN2O3. The first kappa shape index (κ1) is 22.7. The van der Waals surface area contributed by atoms with Crippen molar-refractivity contribution >= 4 is 29.1 Å². The maximum Gasteiger partial charge on any atom is 0.404 e. The van der Waals surface area contributed by atoms with Crippen LogP contribution >= 0.6 is 11.6 Å². The Balaban J connectivity index is 1.78. The van der Waals surface area contributed by atoms with Gasteiger partial charge in [0.25, 0.3) is 0 Å². The molecule has 0 bridgehead atoms. The third-order valence-electron chi connectivity index (χ3n) is 5.47. The van der Waals surface area contributed by atoms with Crippen LogP contribution in [0.5, 0.6) is 0 Å². The fourth-order valence-corrected chi connectivity index (χ4v) is 3.87. The number of carboxylic acid groups (broad SMARTS) is 1. The lowest BCUT2D eigenvalue weighted by molar-refractivity contribution is 0.175. The number of aryl methyl sites for hydroxylation is 2. The first-order valence-corrected chi connectivity index (χ1v) is 10.6. The smallest absolute Gasteiger partial charge is 0.404 e. The highest BCUT2D eigenvalue weighted by Crippen LogP contribution is 2.34. The van der Waals surface area contributed by atoms with Crippen molar-refractivity contribution in [2.75, 3.05) is 11.9 Å². The van der Waals surface area contributed by atoms with Gasteiger partial charge in [-0.1, -0.05) is 54.1 Å². The Kier molecular flexibility index (Phi) is 7.55. The van der Waals surface area contributed by atoms with E-state index >= 15 is 0 Å². The SMILES string of the molecule is Cc1cccc(-c2ccc(Nc3ccccc3CC[C@H](CO)NC(=O)O)cc2Cl)c1C. The van der Waals surface area contributed by atoms with Crippen molar-refractivity contribution in [2.24, 2.45) is 0 Å². The number of hydrogen-bond acceptors (Lipinski definition) is 3. The van der Waals surface area contributed by atoms with E-state index in [1.54, 1.807) is 0 Å². The normalized spacial score (nSPS) is 11.7. The van der Waals surface area contributed by atoms with Crippen molar-refractivity contribution < 1.29 is 15.0 Å². The summed E-state index contributed by atoms with van der Waals surface area (Å²) in [5.74, 6) is 0. The maximum absolute atomic E-state index is 10.8. The molecule has 4 N–H and O–H groups in total. The number of benzene rings is 3. The molecule has 0 aliphatic carbocycles. The van der Waals surface area contributed by atoms with E-state index in [0.717, 1.165) is 28.1 Å². The highest BCUT2D eigenvalue weighted by Gasteiger charge is 2.13. The van der Waals surface area contributed by atoms with Crippen LogP contribution in [0.4, 0.5) is 16.2 Å². The number of nitrogens with one attached hydrogen (secondary N) is 2. The van der Waals surface area contributed by atoms with E-state index in [4.69, 9.17) is 16.7 Å². The minimum Gasteiger partial charge on any atom is -0.465 e. The molecule has 5 nitrogen and oxygen atoms in total. The summed E-state index contributed by atoms with van der Waals surface area (Å²) in [6.07, 6.45) is -0.0272. The lowest BCUT2D eigenvalue weighted by Crippen LogP contribution is -2.36. The van der Waals surface area contributed by atoms with Crippen molar-refractivity contribution in [3.05, 3.63) is 82.4 Å². The monoisotopic (exact) mass is 438 g/mol. The van der Waals surface area contributed by atoms with Gasteiger partial charge in [-0.3, -0.25) is 0 Å². The van der Waals surface area contributed by atoms with Crippen molar-refractivity contribution in [3.8, 4) is 11.1 Å². The average molecular weight is 439 g/mol. The van der Waals surface area contributed by atoms with Gasteiger partial charge in [0, 0.05) is 16.9 Å². The molecule has 0 saturated heterocycles. The Hall–Kier alpha value is -3.02. The molecule has 0 heterocycles. The highest BCUT2D eigenvalue weighted by molar-refractivity contribution is 6.33. The number of rotatable bonds is 8. The topological polar surface area (TPSA) is 81.6 Å². The minimum absolute atomic E-state index is 0.239. The molecule has 3 rings (SSSR count). The number of aliphatic hydroxyl groups is 1. The summed E-state index contributed by atoms with van der Waals surface area (Å²) in [7, 11) is 0. The Labute approximate surface area is 187 Å². The molecule has 0 fully saturated rings. The van der Waals surface area contributed by atoms with Crippen LogP contribution < -0.4 is 10.6 Å². The molecule has 3 aromatic rings. The van der Waals surface area contributed by atoms with Crippen LogP contribution in [0.25, 0.3) is 11.1 Å². The van der Waals surface area contributed by atoms with Gasteiger partial charge in [-0.25, -0.2) is 4.79 Å². The number of para-hydroxylation sites is 1. The van der Waals surface area contributed by atoms with Gasteiger partial charge < -0.3 is 20.8 Å². The number of hydrogen-bond donors (Lipinski definition) is 4. The van der Waals surface area contributed by atoms with Crippen molar-refractivity contribution in [3.63, 3.8) is 0 Å². The van der Waals surface area contributed by atoms with Gasteiger partial charge in [0.15, 0.2) is 0 Å². The quantitative estimate of drug-likeness (QED) is 0.351. The molecule has 0 unspecified atom stereocenters. The van der Waals surface area contributed by atoms with Crippen LogP contribution in [0.15, 0.2) is 60.7 Å². The van der Waals surface area contributed by atoms with Crippen LogP contribution in [0, 0.1) is 13.8 Å². The third kappa shape index (κ3) is 5.78. The van der Waals surface area contributed by atoms with Crippen molar-refractivity contribution in [1.82, 2.24) is 5.32 Å². The first-order valence-electron chi connectivity index (χ1n) is 10.2. The van der Waals surface area contributed by atoms with Gasteiger partial charge in [0.05, 0.1) is 17.7 Å². The number of amides is 1. The second kappa shape index (κ2) is 10.3. The lowest BCUT2D eigenvalue weighted by atomic mass is 9.97. The predicted octanol–water partition coefficient (Wildman–Crippen LogP) is 5.93. The maximum atomic E-state index is 10.8. The number of anilines is 2. The van der Waals surface area contributed by atoms with E-state index in [-0.39, 0.29) is 6.61 Å². The molecule has 0 saturated carbocycles. The van der Waals surface area contributed by atoms with Gasteiger partial charge in [0.2, 0.25) is 0 Å². The summed E-state index contributed by atoms with van der Waals surface area (Å²) >= 11 is 6.63. The summed E-state index contributed by atoms with van der Waals surface area (Å²) < 4.78 is 0. The van der Waals surface area contributed by atoms with E-state index in [2.05, 4.69) is 36.6 Å². The average Bonchev–Trinajstić information content (AvgIpc) is 2.74. The lowest BCUT2D eigenvalue weighted by Gasteiger charge is -2.17. The summed E-state index contributed by atoms with van der Waals surface area (Å²) in [5, 5.41) is 24.7. The fraction of sp³-hybridized carbons (Fsp3) is 0.240. The summed E-state index contributed by atoms with van der Waals surface area (Å²) in [4.78, 5) is 10.8. The van der Waals surface area contributed by atoms with Crippen molar-refractivity contribution in [2.45, 2.75) is 32.7 Å². The summed E-state index contributed by atoms with van der Waals surface area (Å²) in [6, 6.07) is 19.5. The van der Waals surface area contributed by atoms with Gasteiger partial charge in [0.1, 0.15) is 0 Å². The molecular weight excluding hydrogens is 412 g/mol. The van der Waals surface area contributed by atoms with E-state index in [0.29, 0.717) is 17.9 Å². The Morgan fingerprint density at radius 2 is 1.81 bits per heavy atom. The van der Waals surface area contributed by atoms with Crippen LogP contribution in [-0.4, -0.2) is 29.0 Å². The molecule has 0 aliphatic heterocycles. The Morgan fingerprint density at radius 1 is 1.03 bits per heavy atom. The van der Waals surface area contributed by atoms with E-state index in [1.165, 1.54) is 11.1 Å². The zero-order chi connectivity index (χ0) is 22.4. The van der Waals surface area contributed by atoms with Crippen LogP contribution in [0.3, 0.4) is 0 Å². The second-order valence-corrected chi connectivity index (χ2v) is 8.00. The van der Waals surface area contributed by atoms with Crippen molar-refractivity contribution in [1.29, 1.82) is 0 Å². The van der Waals surface area contributed by atoms with E-state index < -0.39 is 12.1 Å². The van der Waals surface area contributed by atoms with Gasteiger partial charge in [-0.05, 0) is 67.1 Å². The fourth-order valence-electron chi connectivity index (χ4n) is 3.58. The molecule has 1 amide bonds. The zero-order valence-corrected chi connectivity index (χ0v) is 18.4. The first-order chi connectivity index (χ1) is 14.9. The number of carbonyl (C=O) groups is 1. The molecule has 31 heavy (non-hydrogen) atoms. The Bertz CT molecular complexity index is 1070. The summed E-state index contributed by atoms with van der Waals surface area (Å²) in [5.41, 5.74) is 7.37. The minimum atomic E-state index is -1.14. The standard InChI is InChI=1S/C25H27ClN2O3/c1-16-6-5-8-21(17(16)2)22-13-12-19(14-23(22)26)27-24-9-4-3-7-18(24)10-11-20(15-29)28-25(30)31/h3-9,12-14,20,27-29H,10-11,15H2,1-2H3,(H,30,31)/t20-/m1/s1. The number of aliphatic hydroxyl groups excluding tert-OH is 1. The predicted molar refractivity (Wildman–Crippen MR) is 126 cm³/mol. The van der Waals surface area contributed by atoms with Gasteiger partial charge in [-0.2, -0.15) is 0 Å². The molecule has 0 aliphatic rings. The largest absolute Gasteiger partial charge is 0.465 e. The van der Waals surface area contributed by atoms with Gasteiger partial charge >= 0.3 is 6.09 Å². The Morgan fingerprint density at radius 3 is 2.52 bits per heavy atom. The third-order valence-corrected chi connectivity index (χ3v) is 5.78. The summed E-state index contributed by atoms with van der Waals surface area (Å²) in [6.45, 7) is 3.95. The molecule has 1 atom stereocenters. The molecule has 162 valence electrons. The van der Waals surface area contributed by atoms with Crippen LogP contribution in [-0.2, 0) is 6.42 Å². The second-order valence-electron chi connectivity index (χ2n) is 7.59. The van der Waals surface area contributed by atoms with Gasteiger partial charge in [-0.15, -0.1) is 0 Å². The van der Waals surface area contributed by atoms with E-state index in [1.807, 2.05) is 48.5 Å². The zero-order valence-electron chi connectivity index (χ0n) is 17.7. The highest BCUT2D eigenvalue weighted by atomic mass is 35.5. The molecule has 0 spiro atoms. The molecule has 0 radical (unpaired) electrons. The van der Waals surface area contributed by atoms with E-state index in [9.17, 15) is 9.90 Å².